The molecule has 7 nitrogen and oxygen atoms in total. The van der Waals surface area contributed by atoms with E-state index in [9.17, 15) is 14.4 Å². The summed E-state index contributed by atoms with van der Waals surface area (Å²) in [5, 5.41) is 11.1. The summed E-state index contributed by atoms with van der Waals surface area (Å²) in [6.07, 6.45) is 0. The molecule has 0 saturated heterocycles. The summed E-state index contributed by atoms with van der Waals surface area (Å²) in [6, 6.07) is 7.57. The number of imide groups is 1. The quantitative estimate of drug-likeness (QED) is 0.661. The number of fused-ring (bicyclic) bond motifs is 1. The maximum atomic E-state index is 12.1. The Labute approximate surface area is 118 Å². The number of hydrogen-bond donors (Lipinski definition) is 3. The van der Waals surface area contributed by atoms with Gasteiger partial charge in [0.1, 0.15) is 5.82 Å². The van der Waals surface area contributed by atoms with Crippen LogP contribution in [-0.4, -0.2) is 21.5 Å². The van der Waals surface area contributed by atoms with E-state index in [1.54, 1.807) is 24.3 Å². The van der Waals surface area contributed by atoms with Gasteiger partial charge in [-0.25, -0.2) is 0 Å². The maximum absolute atomic E-state index is 12.1. The van der Waals surface area contributed by atoms with Crippen molar-refractivity contribution in [2.75, 3.05) is 5.73 Å². The van der Waals surface area contributed by atoms with Crippen LogP contribution < -0.4 is 16.6 Å². The number of nitrogens with zero attached hydrogens (tertiary/aromatic N) is 1. The van der Waals surface area contributed by atoms with Crippen LogP contribution in [0.5, 0.6) is 0 Å². The van der Waals surface area contributed by atoms with Crippen molar-refractivity contribution >= 4 is 17.6 Å². The van der Waals surface area contributed by atoms with Crippen molar-refractivity contribution in [3.05, 3.63) is 57.4 Å². The molecule has 7 heteroatoms. The molecule has 0 saturated carbocycles. The molecule has 0 spiro atoms. The molecule has 2 heterocycles. The fourth-order valence-electron chi connectivity index (χ4n) is 2.30. The number of aromatic nitrogens is 1. The number of aliphatic hydroxyl groups excluding tert-OH is 1. The first-order chi connectivity index (χ1) is 10.0. The average molecular weight is 285 g/mol. The Balaban J connectivity index is 2.24. The first-order valence-corrected chi connectivity index (χ1v) is 6.14. The van der Waals surface area contributed by atoms with E-state index in [0.717, 1.165) is 10.6 Å². The van der Waals surface area contributed by atoms with Crippen LogP contribution in [0.2, 0.25) is 0 Å². The molecule has 1 aromatic heterocycles. The number of hydrogen-bond acceptors (Lipinski definition) is 5. The van der Waals surface area contributed by atoms with Crippen LogP contribution in [-0.2, 0) is 6.61 Å². The first-order valence-electron chi connectivity index (χ1n) is 6.14. The largest absolute Gasteiger partial charge is 0.392 e. The van der Waals surface area contributed by atoms with Gasteiger partial charge in [-0.05, 0) is 17.7 Å². The van der Waals surface area contributed by atoms with Gasteiger partial charge in [-0.3, -0.25) is 24.3 Å². The molecule has 0 atom stereocenters. The number of nitrogens with one attached hydrogen (secondary N) is 1. The van der Waals surface area contributed by atoms with Gasteiger partial charge in [-0.1, -0.05) is 12.1 Å². The van der Waals surface area contributed by atoms with E-state index in [0.29, 0.717) is 11.3 Å². The van der Waals surface area contributed by atoms with Crippen LogP contribution in [0.15, 0.2) is 35.1 Å². The molecule has 21 heavy (non-hydrogen) atoms. The van der Waals surface area contributed by atoms with Gasteiger partial charge in [-0.2, -0.15) is 0 Å². The highest BCUT2D eigenvalue weighted by molar-refractivity contribution is 6.23. The van der Waals surface area contributed by atoms with Crippen molar-refractivity contribution in [1.29, 1.82) is 0 Å². The topological polar surface area (TPSA) is 114 Å². The van der Waals surface area contributed by atoms with Gasteiger partial charge in [-0.15, -0.1) is 0 Å². The third-order valence-corrected chi connectivity index (χ3v) is 3.33. The predicted octanol–water partition coefficient (Wildman–Crippen LogP) is -0.204. The normalized spacial score (nSPS) is 13.2. The second-order valence-corrected chi connectivity index (χ2v) is 4.60. The lowest BCUT2D eigenvalue weighted by Gasteiger charge is -2.12. The smallest absolute Gasteiger partial charge is 0.262 e. The third kappa shape index (κ3) is 1.91. The zero-order valence-corrected chi connectivity index (χ0v) is 10.8. The minimum Gasteiger partial charge on any atom is -0.392 e. The summed E-state index contributed by atoms with van der Waals surface area (Å²) >= 11 is 0. The molecule has 0 fully saturated rings. The molecular formula is C14H11N3O4. The molecule has 2 amide bonds. The molecule has 106 valence electrons. The summed E-state index contributed by atoms with van der Waals surface area (Å²) in [5.41, 5.74) is 6.51. The van der Waals surface area contributed by atoms with Gasteiger partial charge in [0, 0.05) is 6.07 Å². The van der Waals surface area contributed by atoms with Crippen molar-refractivity contribution < 1.29 is 14.7 Å². The molecule has 0 aliphatic carbocycles. The highest BCUT2D eigenvalue weighted by atomic mass is 16.3. The lowest BCUT2D eigenvalue weighted by Crippen LogP contribution is -2.24. The summed E-state index contributed by atoms with van der Waals surface area (Å²) < 4.78 is 1.15. The van der Waals surface area contributed by atoms with E-state index in [4.69, 9.17) is 10.8 Å². The molecular weight excluding hydrogens is 274 g/mol. The van der Waals surface area contributed by atoms with Gasteiger partial charge < -0.3 is 10.8 Å². The second-order valence-electron chi connectivity index (χ2n) is 4.60. The fraction of sp³-hybridized carbons (Fsp3) is 0.0714. The minimum absolute atomic E-state index is 0.00540. The van der Waals surface area contributed by atoms with Crippen LogP contribution in [0.1, 0.15) is 26.3 Å². The molecule has 1 aliphatic heterocycles. The van der Waals surface area contributed by atoms with Crippen molar-refractivity contribution in [2.45, 2.75) is 6.61 Å². The summed E-state index contributed by atoms with van der Waals surface area (Å²) in [7, 11) is 0. The SMILES string of the molecule is Nc1c2c(cc(=O)n1-c1ccc(CO)cc1)C(=O)NC2=O. The number of carbonyl (C=O) groups excluding carboxylic acids is 2. The summed E-state index contributed by atoms with van der Waals surface area (Å²) in [6.45, 7) is -0.119. The highest BCUT2D eigenvalue weighted by Crippen LogP contribution is 2.22. The molecule has 4 N–H and O–H groups in total. The molecule has 0 bridgehead atoms. The van der Waals surface area contributed by atoms with Crippen molar-refractivity contribution in [3.8, 4) is 5.69 Å². The van der Waals surface area contributed by atoms with Crippen LogP contribution in [0, 0.1) is 0 Å². The lowest BCUT2D eigenvalue weighted by molar-refractivity contribution is 0.0880. The van der Waals surface area contributed by atoms with Crippen LogP contribution in [0.4, 0.5) is 5.82 Å². The average Bonchev–Trinajstić information content (AvgIpc) is 2.74. The van der Waals surface area contributed by atoms with Gasteiger partial charge >= 0.3 is 0 Å². The highest BCUT2D eigenvalue weighted by Gasteiger charge is 2.31. The van der Waals surface area contributed by atoms with Gasteiger partial charge in [0.2, 0.25) is 0 Å². The summed E-state index contributed by atoms with van der Waals surface area (Å²) in [5.74, 6) is -1.33. The Hall–Kier alpha value is -2.93. The van der Waals surface area contributed by atoms with Crippen LogP contribution in [0.25, 0.3) is 5.69 Å². The fourth-order valence-corrected chi connectivity index (χ4v) is 2.30. The molecule has 3 rings (SSSR count). The number of rotatable bonds is 2. The predicted molar refractivity (Wildman–Crippen MR) is 74.2 cm³/mol. The number of carbonyl (C=O) groups is 2. The van der Waals surface area contributed by atoms with Crippen LogP contribution >= 0.6 is 0 Å². The summed E-state index contributed by atoms with van der Waals surface area (Å²) in [4.78, 5) is 35.4. The zero-order valence-electron chi connectivity index (χ0n) is 10.8. The number of anilines is 1. The van der Waals surface area contributed by atoms with Crippen molar-refractivity contribution in [1.82, 2.24) is 9.88 Å². The number of benzene rings is 1. The molecule has 1 aliphatic rings. The Morgan fingerprint density at radius 1 is 1.10 bits per heavy atom. The van der Waals surface area contributed by atoms with Gasteiger partial charge in [0.05, 0.1) is 23.4 Å². The number of amides is 2. The minimum atomic E-state index is -0.624. The number of nitrogen functional groups attached to an aromatic ring is 1. The van der Waals surface area contributed by atoms with E-state index in [1.165, 1.54) is 0 Å². The third-order valence-electron chi connectivity index (χ3n) is 3.33. The molecule has 0 unspecified atom stereocenters. The Morgan fingerprint density at radius 2 is 1.76 bits per heavy atom. The first kappa shape index (κ1) is 13.1. The van der Waals surface area contributed by atoms with Gasteiger partial charge in [0.15, 0.2) is 0 Å². The lowest BCUT2D eigenvalue weighted by atomic mass is 10.1. The molecule has 0 radical (unpaired) electrons. The monoisotopic (exact) mass is 285 g/mol. The maximum Gasteiger partial charge on any atom is 0.262 e. The van der Waals surface area contributed by atoms with Crippen LogP contribution in [0.3, 0.4) is 0 Å². The van der Waals surface area contributed by atoms with E-state index in [1.807, 2.05) is 0 Å². The van der Waals surface area contributed by atoms with E-state index in [-0.39, 0.29) is 23.6 Å². The Kier molecular flexibility index (Phi) is 2.84. The standard InChI is InChI=1S/C14H11N3O4/c15-12-11-9(13(20)16-14(11)21)5-10(19)17(12)8-3-1-7(6-18)2-4-8/h1-5,18H,6,15H2,(H,16,20,21). The number of aliphatic hydroxyl groups is 1. The van der Waals surface area contributed by atoms with E-state index >= 15 is 0 Å². The molecule has 1 aromatic carbocycles. The van der Waals surface area contributed by atoms with Crippen molar-refractivity contribution in [2.24, 2.45) is 0 Å². The zero-order chi connectivity index (χ0) is 15.1. The Morgan fingerprint density at radius 3 is 2.38 bits per heavy atom. The number of pyridine rings is 1. The van der Waals surface area contributed by atoms with Gasteiger partial charge in [0.25, 0.3) is 17.4 Å². The van der Waals surface area contributed by atoms with Crippen molar-refractivity contribution in [3.63, 3.8) is 0 Å². The van der Waals surface area contributed by atoms with E-state index in [2.05, 4.69) is 5.32 Å². The molecule has 2 aromatic rings. The Bertz CT molecular complexity index is 821. The second kappa shape index (κ2) is 4.57. The number of nitrogens with two attached hydrogens (primary N) is 1. The van der Waals surface area contributed by atoms with E-state index < -0.39 is 17.4 Å².